The van der Waals surface area contributed by atoms with Crippen LogP contribution in [-0.4, -0.2) is 26.5 Å². The Kier molecular flexibility index (Phi) is 4.44. The molecule has 0 N–H and O–H groups in total. The van der Waals surface area contributed by atoms with Gasteiger partial charge in [0.25, 0.3) is 0 Å². The molecule has 0 aromatic carbocycles. The predicted octanol–water partition coefficient (Wildman–Crippen LogP) is 3.66. The van der Waals surface area contributed by atoms with Gasteiger partial charge in [0.2, 0.25) is 0 Å². The van der Waals surface area contributed by atoms with Gasteiger partial charge in [0.15, 0.2) is 8.32 Å². The Morgan fingerprint density at radius 2 is 1.94 bits per heavy atom. The van der Waals surface area contributed by atoms with Gasteiger partial charge in [-0.05, 0) is 31.5 Å². The Balaban J connectivity index is 2.95. The molecule has 1 heterocycles. The monoisotopic (exact) mass is 270 g/mol. The summed E-state index contributed by atoms with van der Waals surface area (Å²) in [4.78, 5) is 11.8. The molecule has 3 nitrogen and oxygen atoms in total. The Hall–Kier alpha value is -0.613. The van der Waals surface area contributed by atoms with Gasteiger partial charge in [-0.15, -0.1) is 0 Å². The van der Waals surface area contributed by atoms with Crippen molar-refractivity contribution in [2.75, 3.05) is 0 Å². The molecule has 0 amide bonds. The van der Waals surface area contributed by atoms with Crippen molar-refractivity contribution >= 4 is 14.3 Å². The summed E-state index contributed by atoms with van der Waals surface area (Å²) in [5.74, 6) is -0.215. The van der Waals surface area contributed by atoms with Crippen LogP contribution in [0, 0.1) is 0 Å². The van der Waals surface area contributed by atoms with E-state index >= 15 is 0 Å². The standard InChI is InChI=1S/C14H26O3Si/c1-8-9-11-12(10(2)16-13(11)15)17-18(6,7)14(3,4)5/h9-10,12H,8H2,1-7H3/b11-9+/t10-,12?/m0/s1. The van der Waals surface area contributed by atoms with Crippen LogP contribution in [0.1, 0.15) is 41.0 Å². The van der Waals surface area contributed by atoms with Gasteiger partial charge >= 0.3 is 5.97 Å². The maximum Gasteiger partial charge on any atom is 0.336 e. The van der Waals surface area contributed by atoms with Crippen molar-refractivity contribution in [1.29, 1.82) is 0 Å². The largest absolute Gasteiger partial charge is 0.456 e. The van der Waals surface area contributed by atoms with Crippen molar-refractivity contribution in [3.8, 4) is 0 Å². The van der Waals surface area contributed by atoms with Gasteiger partial charge < -0.3 is 9.16 Å². The lowest BCUT2D eigenvalue weighted by atomic mass is 10.1. The summed E-state index contributed by atoms with van der Waals surface area (Å²) in [5, 5.41) is 0.135. The van der Waals surface area contributed by atoms with E-state index in [2.05, 4.69) is 33.9 Å². The van der Waals surface area contributed by atoms with E-state index < -0.39 is 8.32 Å². The Bertz CT molecular complexity index is 353. The average Bonchev–Trinajstić information content (AvgIpc) is 2.43. The van der Waals surface area contributed by atoms with Crippen LogP contribution in [0.15, 0.2) is 11.6 Å². The molecule has 0 aliphatic carbocycles. The zero-order valence-corrected chi connectivity index (χ0v) is 13.7. The lowest BCUT2D eigenvalue weighted by Gasteiger charge is -2.38. The van der Waals surface area contributed by atoms with E-state index in [1.807, 2.05) is 19.9 Å². The molecule has 0 saturated carbocycles. The molecule has 1 rings (SSSR count). The molecule has 1 aliphatic heterocycles. The predicted molar refractivity (Wildman–Crippen MR) is 76.0 cm³/mol. The summed E-state index contributed by atoms with van der Waals surface area (Å²) >= 11 is 0. The molecule has 0 bridgehead atoms. The van der Waals surface area contributed by atoms with Gasteiger partial charge in [-0.2, -0.15) is 0 Å². The van der Waals surface area contributed by atoms with Crippen LogP contribution in [0.5, 0.6) is 0 Å². The smallest absolute Gasteiger partial charge is 0.336 e. The molecule has 0 aromatic rings. The molecule has 104 valence electrons. The number of carbonyl (C=O) groups excluding carboxylic acids is 1. The van der Waals surface area contributed by atoms with Crippen LogP contribution >= 0.6 is 0 Å². The fraction of sp³-hybridized carbons (Fsp3) is 0.786. The van der Waals surface area contributed by atoms with E-state index in [-0.39, 0.29) is 23.2 Å². The van der Waals surface area contributed by atoms with Gasteiger partial charge in [0.05, 0.1) is 5.57 Å². The first-order chi connectivity index (χ1) is 8.10. The first kappa shape index (κ1) is 15.4. The molecule has 0 radical (unpaired) electrons. The highest BCUT2D eigenvalue weighted by Gasteiger charge is 2.45. The summed E-state index contributed by atoms with van der Waals surface area (Å²) in [6.07, 6.45) is 2.39. The normalized spacial score (nSPS) is 27.7. The van der Waals surface area contributed by atoms with Gasteiger partial charge in [0, 0.05) is 0 Å². The number of esters is 1. The molecule has 0 aromatic heterocycles. The number of cyclic esters (lactones) is 1. The molecule has 4 heteroatoms. The lowest BCUT2D eigenvalue weighted by Crippen LogP contribution is -2.45. The van der Waals surface area contributed by atoms with Gasteiger partial charge in [-0.1, -0.05) is 33.8 Å². The summed E-state index contributed by atoms with van der Waals surface area (Å²) in [7, 11) is -1.89. The van der Waals surface area contributed by atoms with Gasteiger partial charge in [-0.25, -0.2) is 4.79 Å². The first-order valence-electron chi connectivity index (χ1n) is 6.69. The van der Waals surface area contributed by atoms with E-state index in [4.69, 9.17) is 9.16 Å². The van der Waals surface area contributed by atoms with Crippen LogP contribution in [0.25, 0.3) is 0 Å². The topological polar surface area (TPSA) is 35.5 Å². The third kappa shape index (κ3) is 3.04. The summed E-state index contributed by atoms with van der Waals surface area (Å²) in [6.45, 7) is 14.9. The van der Waals surface area contributed by atoms with Crippen molar-refractivity contribution in [1.82, 2.24) is 0 Å². The third-order valence-electron chi connectivity index (χ3n) is 3.91. The Morgan fingerprint density at radius 3 is 2.39 bits per heavy atom. The first-order valence-corrected chi connectivity index (χ1v) is 9.60. The van der Waals surface area contributed by atoms with Crippen molar-refractivity contribution in [3.05, 3.63) is 11.6 Å². The molecule has 1 aliphatic rings. The van der Waals surface area contributed by atoms with E-state index in [0.29, 0.717) is 5.57 Å². The minimum atomic E-state index is -1.89. The van der Waals surface area contributed by atoms with Crippen molar-refractivity contribution in [3.63, 3.8) is 0 Å². The lowest BCUT2D eigenvalue weighted by molar-refractivity contribution is -0.138. The highest BCUT2D eigenvalue weighted by atomic mass is 28.4. The molecule has 2 atom stereocenters. The van der Waals surface area contributed by atoms with E-state index in [1.165, 1.54) is 0 Å². The van der Waals surface area contributed by atoms with E-state index in [0.717, 1.165) is 6.42 Å². The van der Waals surface area contributed by atoms with Crippen molar-refractivity contribution < 1.29 is 14.0 Å². The molecular weight excluding hydrogens is 244 g/mol. The second-order valence-electron chi connectivity index (χ2n) is 6.48. The minimum Gasteiger partial charge on any atom is -0.456 e. The van der Waals surface area contributed by atoms with E-state index in [9.17, 15) is 4.79 Å². The van der Waals surface area contributed by atoms with Crippen LogP contribution in [0.4, 0.5) is 0 Å². The van der Waals surface area contributed by atoms with Crippen LogP contribution in [-0.2, 0) is 14.0 Å². The molecule has 18 heavy (non-hydrogen) atoms. The van der Waals surface area contributed by atoms with Gasteiger partial charge in [-0.3, -0.25) is 0 Å². The third-order valence-corrected chi connectivity index (χ3v) is 8.37. The quantitative estimate of drug-likeness (QED) is 0.446. The number of carbonyl (C=O) groups is 1. The Morgan fingerprint density at radius 1 is 1.39 bits per heavy atom. The molecule has 0 spiro atoms. The molecule has 1 saturated heterocycles. The fourth-order valence-corrected chi connectivity index (χ4v) is 3.05. The van der Waals surface area contributed by atoms with Crippen molar-refractivity contribution in [2.24, 2.45) is 0 Å². The average molecular weight is 270 g/mol. The highest BCUT2D eigenvalue weighted by Crippen LogP contribution is 2.40. The number of rotatable bonds is 3. The van der Waals surface area contributed by atoms with Crippen LogP contribution < -0.4 is 0 Å². The summed E-state index contributed by atoms with van der Waals surface area (Å²) < 4.78 is 11.6. The number of allylic oxidation sites excluding steroid dienone is 1. The maximum atomic E-state index is 11.8. The van der Waals surface area contributed by atoms with Gasteiger partial charge in [0.1, 0.15) is 12.2 Å². The maximum absolute atomic E-state index is 11.8. The second-order valence-corrected chi connectivity index (χ2v) is 11.2. The number of ether oxygens (including phenoxy) is 1. The second kappa shape index (κ2) is 5.17. The molecular formula is C14H26O3Si. The van der Waals surface area contributed by atoms with Crippen molar-refractivity contribution in [2.45, 2.75) is 71.4 Å². The number of hydrogen-bond donors (Lipinski definition) is 0. The summed E-state index contributed by atoms with van der Waals surface area (Å²) in [5.41, 5.74) is 0.704. The molecule has 1 fully saturated rings. The van der Waals surface area contributed by atoms with Crippen LogP contribution in [0.2, 0.25) is 18.1 Å². The summed E-state index contributed by atoms with van der Waals surface area (Å²) in [6, 6.07) is 0. The fourth-order valence-electron chi connectivity index (χ4n) is 1.74. The Labute approximate surface area is 112 Å². The minimum absolute atomic E-state index is 0.135. The highest BCUT2D eigenvalue weighted by molar-refractivity contribution is 6.74. The SMILES string of the molecule is CC/C=C1/C(=O)O[C@@H](C)C1O[Si](C)(C)C(C)(C)C. The number of hydrogen-bond acceptors (Lipinski definition) is 3. The zero-order valence-electron chi connectivity index (χ0n) is 12.7. The van der Waals surface area contributed by atoms with E-state index in [1.54, 1.807) is 0 Å². The molecule has 1 unspecified atom stereocenters. The zero-order chi connectivity index (χ0) is 14.1. The van der Waals surface area contributed by atoms with Crippen LogP contribution in [0.3, 0.4) is 0 Å².